The molecule has 2 unspecified atom stereocenters. The van der Waals surface area contributed by atoms with Crippen molar-refractivity contribution < 1.29 is 29.0 Å². The number of carbonyl (C=O) groups is 3. The number of alkyl carbamates (subject to hydrolysis) is 1. The zero-order valence-electron chi connectivity index (χ0n) is 19.7. The summed E-state index contributed by atoms with van der Waals surface area (Å²) < 4.78 is 11.3. The van der Waals surface area contributed by atoms with Crippen molar-refractivity contribution in [1.29, 1.82) is 0 Å². The van der Waals surface area contributed by atoms with Crippen LogP contribution in [-0.4, -0.2) is 65.9 Å². The maximum Gasteiger partial charge on any atom is 0.407 e. The average molecular weight is 479 g/mol. The van der Waals surface area contributed by atoms with Gasteiger partial charge in [-0.15, -0.1) is 0 Å². The van der Waals surface area contributed by atoms with Crippen LogP contribution in [0.15, 0.2) is 48.5 Å². The number of piperidine rings is 1. The van der Waals surface area contributed by atoms with Crippen LogP contribution in [0.5, 0.6) is 0 Å². The van der Waals surface area contributed by atoms with Crippen LogP contribution in [0.1, 0.15) is 43.2 Å². The Morgan fingerprint density at radius 2 is 1.71 bits per heavy atom. The molecule has 0 saturated carbocycles. The van der Waals surface area contributed by atoms with Crippen molar-refractivity contribution in [1.82, 2.24) is 10.2 Å². The van der Waals surface area contributed by atoms with Gasteiger partial charge in [0.2, 0.25) is 0 Å². The molecule has 2 aliphatic heterocycles. The monoisotopic (exact) mass is 478 g/mol. The molecule has 2 fully saturated rings. The second-order valence-electron chi connectivity index (χ2n) is 9.60. The molecular formula is C27H30N2O6. The van der Waals surface area contributed by atoms with E-state index in [4.69, 9.17) is 9.47 Å². The minimum atomic E-state index is -0.823. The van der Waals surface area contributed by atoms with E-state index in [9.17, 15) is 19.5 Å². The number of rotatable bonds is 5. The van der Waals surface area contributed by atoms with Gasteiger partial charge in [0.25, 0.3) is 5.91 Å². The summed E-state index contributed by atoms with van der Waals surface area (Å²) in [7, 11) is 0. The number of amides is 2. The predicted octanol–water partition coefficient (Wildman–Crippen LogP) is 3.39. The molecule has 184 valence electrons. The first-order valence-electron chi connectivity index (χ1n) is 12.2. The number of carbonyl (C=O) groups excluding carboxylic acids is 2. The molecule has 5 rings (SSSR count). The summed E-state index contributed by atoms with van der Waals surface area (Å²) >= 11 is 0. The highest BCUT2D eigenvalue weighted by Crippen LogP contribution is 2.44. The van der Waals surface area contributed by atoms with Gasteiger partial charge in [-0.25, -0.2) is 4.79 Å². The SMILES string of the molecule is C[C@@H]1C[C@H](C(=O)O)CCN1C(=O)C1OCCC1NC(=O)OCC1c2ccccc2-c2ccccc21. The molecule has 2 amide bonds. The first-order chi connectivity index (χ1) is 16.9. The van der Waals surface area contributed by atoms with Crippen molar-refractivity contribution in [2.75, 3.05) is 19.8 Å². The van der Waals surface area contributed by atoms with Crippen molar-refractivity contribution in [3.05, 3.63) is 59.7 Å². The molecule has 0 radical (unpaired) electrons. The molecular weight excluding hydrogens is 448 g/mol. The Hall–Kier alpha value is -3.39. The number of nitrogens with zero attached hydrogens (tertiary/aromatic N) is 1. The molecule has 8 heteroatoms. The largest absolute Gasteiger partial charge is 0.481 e. The summed E-state index contributed by atoms with van der Waals surface area (Å²) in [5.41, 5.74) is 4.59. The Kier molecular flexibility index (Phi) is 6.47. The third-order valence-corrected chi connectivity index (χ3v) is 7.49. The predicted molar refractivity (Wildman–Crippen MR) is 128 cm³/mol. The summed E-state index contributed by atoms with van der Waals surface area (Å²) in [6.45, 7) is 2.79. The maximum absolute atomic E-state index is 13.2. The number of nitrogens with one attached hydrogen (secondary N) is 1. The quantitative estimate of drug-likeness (QED) is 0.683. The van der Waals surface area contributed by atoms with E-state index in [1.165, 1.54) is 0 Å². The van der Waals surface area contributed by atoms with Crippen molar-refractivity contribution in [2.45, 2.75) is 50.3 Å². The van der Waals surface area contributed by atoms with Crippen molar-refractivity contribution >= 4 is 18.0 Å². The number of benzene rings is 2. The summed E-state index contributed by atoms with van der Waals surface area (Å²) in [4.78, 5) is 38.9. The molecule has 8 nitrogen and oxygen atoms in total. The summed E-state index contributed by atoms with van der Waals surface area (Å²) in [5, 5.41) is 12.1. The van der Waals surface area contributed by atoms with Crippen LogP contribution in [0, 0.1) is 5.92 Å². The van der Waals surface area contributed by atoms with Gasteiger partial charge >= 0.3 is 12.1 Å². The van der Waals surface area contributed by atoms with Gasteiger partial charge in [-0.1, -0.05) is 48.5 Å². The van der Waals surface area contributed by atoms with E-state index in [-0.39, 0.29) is 24.5 Å². The summed E-state index contributed by atoms with van der Waals surface area (Å²) in [6, 6.07) is 15.6. The van der Waals surface area contributed by atoms with Crippen molar-refractivity contribution in [3.63, 3.8) is 0 Å². The topological polar surface area (TPSA) is 105 Å². The van der Waals surface area contributed by atoms with Gasteiger partial charge in [0.1, 0.15) is 6.61 Å². The first-order valence-corrected chi connectivity index (χ1v) is 12.2. The fourth-order valence-electron chi connectivity index (χ4n) is 5.66. The lowest BCUT2D eigenvalue weighted by molar-refractivity contribution is -0.151. The standard InChI is InChI=1S/C27H30N2O6/c1-16-14-17(26(31)32)10-12-29(16)25(30)24-23(11-13-34-24)28-27(33)35-15-22-20-8-4-2-6-18(20)19-7-3-5-9-21(19)22/h2-9,16-17,22-24H,10-15H2,1H3,(H,28,33)(H,31,32)/t16-,17-,23?,24?/m1/s1. The number of aliphatic carboxylic acids is 1. The molecule has 0 bridgehead atoms. The van der Waals surface area contributed by atoms with Crippen LogP contribution in [0.25, 0.3) is 11.1 Å². The maximum atomic E-state index is 13.2. The van der Waals surface area contributed by atoms with Crippen LogP contribution in [-0.2, 0) is 19.1 Å². The molecule has 2 heterocycles. The average Bonchev–Trinajstić information content (AvgIpc) is 3.44. The summed E-state index contributed by atoms with van der Waals surface area (Å²) in [5.74, 6) is -1.51. The van der Waals surface area contributed by atoms with E-state index in [0.29, 0.717) is 32.4 Å². The lowest BCUT2D eigenvalue weighted by Gasteiger charge is -2.38. The molecule has 3 aliphatic rings. The van der Waals surface area contributed by atoms with E-state index in [2.05, 4.69) is 29.6 Å². The lowest BCUT2D eigenvalue weighted by atomic mass is 9.91. The molecule has 2 aromatic rings. The Balaban J connectivity index is 1.20. The van der Waals surface area contributed by atoms with Crippen molar-refractivity contribution in [3.8, 4) is 11.1 Å². The van der Waals surface area contributed by atoms with E-state index in [1.807, 2.05) is 31.2 Å². The number of carboxylic acid groups (broad SMARTS) is 1. The van der Waals surface area contributed by atoms with Crippen LogP contribution in [0.3, 0.4) is 0 Å². The number of ether oxygens (including phenoxy) is 2. The molecule has 35 heavy (non-hydrogen) atoms. The minimum absolute atomic E-state index is 0.0400. The zero-order chi connectivity index (χ0) is 24.5. The summed E-state index contributed by atoms with van der Waals surface area (Å²) in [6.07, 6.45) is -0.0151. The number of hydrogen-bond donors (Lipinski definition) is 2. The third kappa shape index (κ3) is 4.50. The third-order valence-electron chi connectivity index (χ3n) is 7.49. The molecule has 2 N–H and O–H groups in total. The Morgan fingerprint density at radius 3 is 2.34 bits per heavy atom. The molecule has 2 saturated heterocycles. The Bertz CT molecular complexity index is 1090. The highest BCUT2D eigenvalue weighted by atomic mass is 16.6. The zero-order valence-corrected chi connectivity index (χ0v) is 19.7. The molecule has 2 aromatic carbocycles. The van der Waals surface area contributed by atoms with Gasteiger partial charge in [-0.3, -0.25) is 9.59 Å². The molecule has 4 atom stereocenters. The van der Waals surface area contributed by atoms with Gasteiger partial charge in [-0.05, 0) is 48.4 Å². The minimum Gasteiger partial charge on any atom is -0.481 e. The first kappa shape index (κ1) is 23.4. The smallest absolute Gasteiger partial charge is 0.407 e. The normalized spacial score (nSPS) is 25.6. The highest BCUT2D eigenvalue weighted by Gasteiger charge is 2.41. The number of carboxylic acids is 1. The lowest BCUT2D eigenvalue weighted by Crippen LogP contribution is -2.54. The van der Waals surface area contributed by atoms with Gasteiger partial charge in [0.15, 0.2) is 6.10 Å². The van der Waals surface area contributed by atoms with Gasteiger partial charge in [0.05, 0.1) is 12.0 Å². The van der Waals surface area contributed by atoms with Gasteiger partial charge in [-0.2, -0.15) is 0 Å². The van der Waals surface area contributed by atoms with E-state index in [1.54, 1.807) is 4.90 Å². The fourth-order valence-corrected chi connectivity index (χ4v) is 5.66. The van der Waals surface area contributed by atoms with Gasteiger partial charge < -0.3 is 24.8 Å². The number of fused-ring (bicyclic) bond motifs is 3. The Labute approximate surface area is 204 Å². The molecule has 1 aliphatic carbocycles. The van der Waals surface area contributed by atoms with E-state index >= 15 is 0 Å². The Morgan fingerprint density at radius 1 is 1.06 bits per heavy atom. The van der Waals surface area contributed by atoms with Gasteiger partial charge in [0, 0.05) is 25.1 Å². The van der Waals surface area contributed by atoms with Crippen LogP contribution < -0.4 is 5.32 Å². The van der Waals surface area contributed by atoms with E-state index < -0.39 is 30.1 Å². The second-order valence-corrected chi connectivity index (χ2v) is 9.60. The van der Waals surface area contributed by atoms with E-state index in [0.717, 1.165) is 22.3 Å². The number of hydrogen-bond acceptors (Lipinski definition) is 5. The van der Waals surface area contributed by atoms with Crippen LogP contribution >= 0.6 is 0 Å². The van der Waals surface area contributed by atoms with Crippen LogP contribution in [0.2, 0.25) is 0 Å². The molecule has 0 spiro atoms. The van der Waals surface area contributed by atoms with Crippen molar-refractivity contribution in [2.24, 2.45) is 5.92 Å². The molecule has 0 aromatic heterocycles. The fraction of sp³-hybridized carbons (Fsp3) is 0.444. The second kappa shape index (κ2) is 9.70. The number of likely N-dealkylation sites (tertiary alicyclic amines) is 1. The highest BCUT2D eigenvalue weighted by molar-refractivity contribution is 5.84. The van der Waals surface area contributed by atoms with Crippen LogP contribution in [0.4, 0.5) is 4.79 Å².